The van der Waals surface area contributed by atoms with Crippen molar-refractivity contribution < 1.29 is 4.42 Å². The molecule has 2 rings (SSSR count). The molecule has 18 heavy (non-hydrogen) atoms. The average molecular weight is 263 g/mol. The van der Waals surface area contributed by atoms with Crippen molar-refractivity contribution in [1.29, 1.82) is 0 Å². The summed E-state index contributed by atoms with van der Waals surface area (Å²) in [5.74, 6) is 1.71. The highest BCUT2D eigenvalue weighted by atomic mass is 35.5. The molecule has 1 nitrogen and oxygen atoms in total. The van der Waals surface area contributed by atoms with Gasteiger partial charge < -0.3 is 4.42 Å². The Bertz CT molecular complexity index is 484. The Hall–Kier alpha value is -1.21. The molecule has 1 heterocycles. The van der Waals surface area contributed by atoms with Crippen LogP contribution in [0.1, 0.15) is 47.8 Å². The Morgan fingerprint density at radius 1 is 1.11 bits per heavy atom. The fraction of sp³-hybridized carbons (Fsp3) is 0.375. The fourth-order valence-electron chi connectivity index (χ4n) is 1.99. The van der Waals surface area contributed by atoms with Gasteiger partial charge in [-0.2, -0.15) is 0 Å². The van der Waals surface area contributed by atoms with E-state index in [1.807, 2.05) is 19.1 Å². The number of rotatable bonds is 5. The first kappa shape index (κ1) is 13.2. The van der Waals surface area contributed by atoms with E-state index < -0.39 is 0 Å². The maximum Gasteiger partial charge on any atom is 0.126 e. The van der Waals surface area contributed by atoms with Gasteiger partial charge in [0.1, 0.15) is 16.9 Å². The van der Waals surface area contributed by atoms with Crippen LogP contribution in [0.25, 0.3) is 0 Å². The van der Waals surface area contributed by atoms with Crippen LogP contribution in [0.2, 0.25) is 0 Å². The third kappa shape index (κ3) is 3.17. The number of hydrogen-bond donors (Lipinski definition) is 0. The highest BCUT2D eigenvalue weighted by Gasteiger charge is 2.14. The van der Waals surface area contributed by atoms with Gasteiger partial charge in [-0.25, -0.2) is 0 Å². The number of benzene rings is 1. The molecule has 0 fully saturated rings. The summed E-state index contributed by atoms with van der Waals surface area (Å²) in [6.07, 6.45) is 3.61. The van der Waals surface area contributed by atoms with Crippen molar-refractivity contribution in [2.24, 2.45) is 0 Å². The van der Waals surface area contributed by atoms with Crippen molar-refractivity contribution in [2.45, 2.75) is 38.5 Å². The number of furan rings is 1. The van der Waals surface area contributed by atoms with Gasteiger partial charge >= 0.3 is 0 Å². The lowest BCUT2D eigenvalue weighted by atomic mass is 10.0. The van der Waals surface area contributed by atoms with E-state index in [1.54, 1.807) is 0 Å². The molecule has 2 aromatic rings. The number of aryl methyl sites for hydroxylation is 2. The number of unbranched alkanes of at least 4 members (excludes halogenated alkanes) is 1. The summed E-state index contributed by atoms with van der Waals surface area (Å²) >= 11 is 6.41. The van der Waals surface area contributed by atoms with Crippen molar-refractivity contribution in [3.8, 4) is 0 Å². The molecule has 1 atom stereocenters. The minimum Gasteiger partial charge on any atom is -0.464 e. The van der Waals surface area contributed by atoms with Crippen LogP contribution in [-0.4, -0.2) is 0 Å². The van der Waals surface area contributed by atoms with Crippen molar-refractivity contribution in [1.82, 2.24) is 0 Å². The molecule has 1 unspecified atom stereocenters. The van der Waals surface area contributed by atoms with E-state index in [-0.39, 0.29) is 5.38 Å². The maximum atomic E-state index is 6.41. The summed E-state index contributed by atoms with van der Waals surface area (Å²) in [5.41, 5.74) is 2.46. The molecule has 96 valence electrons. The van der Waals surface area contributed by atoms with E-state index in [2.05, 4.69) is 31.2 Å². The molecule has 0 amide bonds. The first-order valence-electron chi connectivity index (χ1n) is 6.50. The van der Waals surface area contributed by atoms with Crippen molar-refractivity contribution >= 4 is 11.6 Å². The van der Waals surface area contributed by atoms with Crippen LogP contribution >= 0.6 is 11.6 Å². The van der Waals surface area contributed by atoms with Gasteiger partial charge in [-0.1, -0.05) is 37.6 Å². The van der Waals surface area contributed by atoms with Gasteiger partial charge in [-0.3, -0.25) is 0 Å². The first-order chi connectivity index (χ1) is 8.70. The standard InChI is InChI=1S/C16H19ClO/c1-3-4-5-13-7-9-14(10-8-13)16(17)15-11-6-12(2)18-15/h6-11,16H,3-5H2,1-2H3. The molecule has 2 heteroatoms. The third-order valence-corrected chi connectivity index (χ3v) is 3.57. The first-order valence-corrected chi connectivity index (χ1v) is 6.93. The molecular formula is C16H19ClO. The minimum atomic E-state index is -0.195. The van der Waals surface area contributed by atoms with Gasteiger partial charge in [0.15, 0.2) is 0 Å². The normalized spacial score (nSPS) is 12.6. The topological polar surface area (TPSA) is 13.1 Å². The molecular weight excluding hydrogens is 244 g/mol. The van der Waals surface area contributed by atoms with E-state index in [0.29, 0.717) is 0 Å². The molecule has 0 N–H and O–H groups in total. The van der Waals surface area contributed by atoms with Crippen LogP contribution in [0.15, 0.2) is 40.8 Å². The zero-order valence-corrected chi connectivity index (χ0v) is 11.7. The molecule has 0 aliphatic heterocycles. The fourth-order valence-corrected chi connectivity index (χ4v) is 2.25. The Kier molecular flexibility index (Phi) is 4.48. The Balaban J connectivity index is 2.09. The van der Waals surface area contributed by atoms with Crippen molar-refractivity contribution in [3.63, 3.8) is 0 Å². The van der Waals surface area contributed by atoms with Crippen LogP contribution in [0.5, 0.6) is 0 Å². The Morgan fingerprint density at radius 3 is 2.39 bits per heavy atom. The van der Waals surface area contributed by atoms with Gasteiger partial charge in [0.2, 0.25) is 0 Å². The van der Waals surface area contributed by atoms with Gasteiger partial charge in [-0.15, -0.1) is 11.6 Å². The van der Waals surface area contributed by atoms with E-state index in [0.717, 1.165) is 23.5 Å². The van der Waals surface area contributed by atoms with Crippen molar-refractivity contribution in [2.75, 3.05) is 0 Å². The summed E-state index contributed by atoms with van der Waals surface area (Å²) < 4.78 is 5.56. The summed E-state index contributed by atoms with van der Waals surface area (Å²) in [4.78, 5) is 0. The van der Waals surface area contributed by atoms with E-state index in [1.165, 1.54) is 18.4 Å². The van der Waals surface area contributed by atoms with Gasteiger partial charge in [0.05, 0.1) is 0 Å². The largest absolute Gasteiger partial charge is 0.464 e. The van der Waals surface area contributed by atoms with E-state index in [4.69, 9.17) is 16.0 Å². The van der Waals surface area contributed by atoms with Crippen LogP contribution in [0.3, 0.4) is 0 Å². The zero-order valence-electron chi connectivity index (χ0n) is 10.9. The lowest BCUT2D eigenvalue weighted by Gasteiger charge is -2.08. The monoisotopic (exact) mass is 262 g/mol. The SMILES string of the molecule is CCCCc1ccc(C(Cl)c2ccc(C)o2)cc1. The molecule has 0 bridgehead atoms. The van der Waals surface area contributed by atoms with E-state index in [9.17, 15) is 0 Å². The molecule has 1 aromatic heterocycles. The summed E-state index contributed by atoms with van der Waals surface area (Å²) in [6.45, 7) is 4.14. The Morgan fingerprint density at radius 2 is 1.83 bits per heavy atom. The van der Waals surface area contributed by atoms with Gasteiger partial charge in [-0.05, 0) is 43.0 Å². The summed E-state index contributed by atoms with van der Waals surface area (Å²) in [5, 5.41) is -0.195. The van der Waals surface area contributed by atoms with Crippen LogP contribution in [-0.2, 0) is 6.42 Å². The molecule has 0 spiro atoms. The van der Waals surface area contributed by atoms with Crippen LogP contribution in [0.4, 0.5) is 0 Å². The zero-order chi connectivity index (χ0) is 13.0. The maximum absolute atomic E-state index is 6.41. The molecule has 0 aliphatic carbocycles. The number of hydrogen-bond acceptors (Lipinski definition) is 1. The van der Waals surface area contributed by atoms with Gasteiger partial charge in [0, 0.05) is 0 Å². The smallest absolute Gasteiger partial charge is 0.126 e. The second-order valence-corrected chi connectivity index (χ2v) is 5.09. The molecule has 0 saturated carbocycles. The quantitative estimate of drug-likeness (QED) is 0.670. The van der Waals surface area contributed by atoms with Gasteiger partial charge in [0.25, 0.3) is 0 Å². The predicted octanol–water partition coefficient (Wildman–Crippen LogP) is 5.26. The van der Waals surface area contributed by atoms with Crippen molar-refractivity contribution in [3.05, 3.63) is 59.0 Å². The molecule has 1 aromatic carbocycles. The highest BCUT2D eigenvalue weighted by Crippen LogP contribution is 2.30. The number of alkyl halides is 1. The third-order valence-electron chi connectivity index (χ3n) is 3.10. The molecule has 0 saturated heterocycles. The Labute approximate surface area is 114 Å². The second kappa shape index (κ2) is 6.10. The summed E-state index contributed by atoms with van der Waals surface area (Å²) in [7, 11) is 0. The lowest BCUT2D eigenvalue weighted by Crippen LogP contribution is -1.92. The number of halogens is 1. The summed E-state index contributed by atoms with van der Waals surface area (Å²) in [6, 6.07) is 12.4. The predicted molar refractivity (Wildman–Crippen MR) is 76.2 cm³/mol. The van der Waals surface area contributed by atoms with Crippen LogP contribution in [0, 0.1) is 6.92 Å². The van der Waals surface area contributed by atoms with E-state index >= 15 is 0 Å². The average Bonchev–Trinajstić information content (AvgIpc) is 2.83. The molecule has 0 radical (unpaired) electrons. The van der Waals surface area contributed by atoms with Crippen LogP contribution < -0.4 is 0 Å². The second-order valence-electron chi connectivity index (χ2n) is 4.66. The highest BCUT2D eigenvalue weighted by molar-refractivity contribution is 6.22. The minimum absolute atomic E-state index is 0.195. The lowest BCUT2D eigenvalue weighted by molar-refractivity contribution is 0.489. The molecule has 0 aliphatic rings.